The highest BCUT2D eigenvalue weighted by molar-refractivity contribution is 8.03. The molecule has 0 spiro atoms. The van der Waals surface area contributed by atoms with Gasteiger partial charge in [0.25, 0.3) is 0 Å². The molecule has 0 N–H and O–H groups in total. The third kappa shape index (κ3) is 2.87. The van der Waals surface area contributed by atoms with Gasteiger partial charge in [0.1, 0.15) is 0 Å². The lowest BCUT2D eigenvalue weighted by Crippen LogP contribution is -2.47. The smallest absolute Gasteiger partial charge is 0.229 e. The molecule has 0 aromatic heterocycles. The van der Waals surface area contributed by atoms with E-state index < -0.39 is 0 Å². The molecule has 2 aliphatic rings. The highest BCUT2D eigenvalue weighted by atomic mass is 32.2. The lowest BCUT2D eigenvalue weighted by atomic mass is 9.86. The van der Waals surface area contributed by atoms with Gasteiger partial charge in [0.2, 0.25) is 5.91 Å². The zero-order chi connectivity index (χ0) is 18.1. The summed E-state index contributed by atoms with van der Waals surface area (Å²) >= 11 is 1.58. The maximum Gasteiger partial charge on any atom is 0.229 e. The van der Waals surface area contributed by atoms with Crippen LogP contribution in [0, 0.1) is 18.3 Å². The molecule has 4 rings (SSSR count). The molecule has 1 fully saturated rings. The summed E-state index contributed by atoms with van der Waals surface area (Å²) in [6.45, 7) is 2.58. The number of fused-ring (bicyclic) bond motifs is 1. The minimum atomic E-state index is -0.141. The van der Waals surface area contributed by atoms with Crippen LogP contribution in [-0.2, 0) is 4.79 Å². The molecule has 0 bridgehead atoms. The number of amides is 1. The molecule has 5 heteroatoms. The van der Waals surface area contributed by atoms with Crippen molar-refractivity contribution in [2.75, 3.05) is 17.4 Å². The molecule has 2 aliphatic heterocycles. The van der Waals surface area contributed by atoms with E-state index in [1.54, 1.807) is 16.7 Å². The number of hydrogen-bond donors (Lipinski definition) is 0. The van der Waals surface area contributed by atoms with Gasteiger partial charge in [-0.1, -0.05) is 60.3 Å². The van der Waals surface area contributed by atoms with Crippen molar-refractivity contribution in [1.82, 2.24) is 4.90 Å². The van der Waals surface area contributed by atoms with Crippen molar-refractivity contribution in [3.05, 3.63) is 76.3 Å². The molecule has 2 aromatic rings. The topological polar surface area (TPSA) is 47.3 Å². The van der Waals surface area contributed by atoms with Gasteiger partial charge in [-0.15, -0.1) is 0 Å². The van der Waals surface area contributed by atoms with E-state index in [1.165, 1.54) is 5.56 Å². The Kier molecular flexibility index (Phi) is 4.44. The van der Waals surface area contributed by atoms with Crippen LogP contribution in [0.4, 0.5) is 5.69 Å². The molecule has 1 amide bonds. The van der Waals surface area contributed by atoms with Gasteiger partial charge in [0.05, 0.1) is 29.2 Å². The van der Waals surface area contributed by atoms with Gasteiger partial charge in [-0.05, 0) is 24.1 Å². The highest BCUT2D eigenvalue weighted by Gasteiger charge is 2.38. The summed E-state index contributed by atoms with van der Waals surface area (Å²) in [6, 6.07) is 20.4. The number of rotatable bonds is 2. The fourth-order valence-corrected chi connectivity index (χ4v) is 4.76. The van der Waals surface area contributed by atoms with E-state index in [4.69, 9.17) is 0 Å². The predicted octanol–water partition coefficient (Wildman–Crippen LogP) is 4.21. The average Bonchev–Trinajstić information content (AvgIpc) is 2.69. The molecule has 130 valence electrons. The first-order valence-electron chi connectivity index (χ1n) is 8.62. The minimum Gasteiger partial charge on any atom is -0.343 e. The maximum atomic E-state index is 12.9. The van der Waals surface area contributed by atoms with E-state index >= 15 is 0 Å². The normalized spacial score (nSPS) is 20.0. The Balaban J connectivity index is 1.68. The summed E-state index contributed by atoms with van der Waals surface area (Å²) in [4.78, 5) is 16.8. The van der Waals surface area contributed by atoms with Crippen LogP contribution in [0.5, 0.6) is 0 Å². The number of thioether (sulfide) groups is 1. The highest BCUT2D eigenvalue weighted by Crippen LogP contribution is 2.43. The average molecular weight is 361 g/mol. The Morgan fingerprint density at radius 3 is 2.58 bits per heavy atom. The van der Waals surface area contributed by atoms with Crippen LogP contribution in [-0.4, -0.2) is 23.4 Å². The first-order chi connectivity index (χ1) is 12.7. The molecule has 1 atom stereocenters. The van der Waals surface area contributed by atoms with Crippen LogP contribution in [0.15, 0.2) is 65.2 Å². The molecule has 0 aliphatic carbocycles. The quantitative estimate of drug-likeness (QED) is 0.804. The molecule has 0 unspecified atom stereocenters. The number of aryl methyl sites for hydroxylation is 1. The van der Waals surface area contributed by atoms with Crippen LogP contribution in [0.1, 0.15) is 23.5 Å². The second kappa shape index (κ2) is 6.89. The van der Waals surface area contributed by atoms with Crippen molar-refractivity contribution in [3.8, 4) is 6.07 Å². The van der Waals surface area contributed by atoms with Crippen molar-refractivity contribution in [2.45, 2.75) is 19.3 Å². The monoisotopic (exact) mass is 361 g/mol. The molecule has 4 nitrogen and oxygen atoms in total. The molecule has 1 saturated heterocycles. The van der Waals surface area contributed by atoms with Crippen molar-refractivity contribution >= 4 is 23.4 Å². The van der Waals surface area contributed by atoms with Gasteiger partial charge in [0, 0.05) is 18.0 Å². The molecular formula is C21H19N3OS. The van der Waals surface area contributed by atoms with Crippen LogP contribution in [0.25, 0.3) is 0 Å². The van der Waals surface area contributed by atoms with Crippen molar-refractivity contribution in [1.29, 1.82) is 5.26 Å². The molecular weight excluding hydrogens is 342 g/mol. The van der Waals surface area contributed by atoms with Gasteiger partial charge < -0.3 is 4.90 Å². The Labute approximate surface area is 157 Å². The summed E-state index contributed by atoms with van der Waals surface area (Å²) in [5.41, 5.74) is 4.07. The second-order valence-corrected chi connectivity index (χ2v) is 7.49. The first kappa shape index (κ1) is 16.7. The van der Waals surface area contributed by atoms with Crippen LogP contribution >= 0.6 is 11.8 Å². The van der Waals surface area contributed by atoms with Crippen molar-refractivity contribution in [2.24, 2.45) is 0 Å². The summed E-state index contributed by atoms with van der Waals surface area (Å²) in [6.07, 6.45) is 0.346. The number of para-hydroxylation sites is 1. The van der Waals surface area contributed by atoms with E-state index in [0.717, 1.165) is 22.2 Å². The summed E-state index contributed by atoms with van der Waals surface area (Å²) in [5, 5.41) is 10.6. The minimum absolute atomic E-state index is 0.0821. The lowest BCUT2D eigenvalue weighted by molar-refractivity contribution is -0.129. The predicted molar refractivity (Wildman–Crippen MR) is 104 cm³/mol. The van der Waals surface area contributed by atoms with E-state index in [1.807, 2.05) is 42.5 Å². The second-order valence-electron chi connectivity index (χ2n) is 6.56. The molecule has 0 radical (unpaired) electrons. The van der Waals surface area contributed by atoms with Gasteiger partial charge in [-0.2, -0.15) is 5.26 Å². The van der Waals surface area contributed by atoms with E-state index in [0.29, 0.717) is 18.7 Å². The Morgan fingerprint density at radius 2 is 1.85 bits per heavy atom. The van der Waals surface area contributed by atoms with Crippen molar-refractivity contribution in [3.63, 3.8) is 0 Å². The van der Waals surface area contributed by atoms with Gasteiger partial charge in [-0.3, -0.25) is 9.69 Å². The van der Waals surface area contributed by atoms with E-state index in [9.17, 15) is 10.1 Å². The van der Waals surface area contributed by atoms with Crippen molar-refractivity contribution < 1.29 is 4.79 Å². The number of carbonyl (C=O) groups excluding carboxylic acids is 1. The lowest BCUT2D eigenvalue weighted by Gasteiger charge is -2.42. The molecule has 2 aromatic carbocycles. The van der Waals surface area contributed by atoms with E-state index in [-0.39, 0.29) is 11.8 Å². The van der Waals surface area contributed by atoms with Gasteiger partial charge >= 0.3 is 0 Å². The molecule has 2 heterocycles. The van der Waals surface area contributed by atoms with Crippen LogP contribution < -0.4 is 4.90 Å². The Bertz CT molecular complexity index is 916. The molecule has 0 saturated carbocycles. The van der Waals surface area contributed by atoms with Crippen LogP contribution in [0.2, 0.25) is 0 Å². The standard InChI is InChI=1S/C21H19N3OS/c1-15-7-5-6-10-19(15)23-13-24-20(25)11-17(16-8-3-2-4-9-16)18(12-22)21(24)26-14-23/h2-10,17H,11,13-14H2,1H3/t17-/m1/s1. The Morgan fingerprint density at radius 1 is 1.12 bits per heavy atom. The number of anilines is 1. The fourth-order valence-electron chi connectivity index (χ4n) is 3.60. The summed E-state index contributed by atoms with van der Waals surface area (Å²) in [5.74, 6) is 0.674. The van der Waals surface area contributed by atoms with Gasteiger partial charge in [0.15, 0.2) is 0 Å². The zero-order valence-electron chi connectivity index (χ0n) is 14.6. The fraction of sp³-hybridized carbons (Fsp3) is 0.238. The summed E-state index contributed by atoms with van der Waals surface area (Å²) < 4.78 is 0. The number of nitriles is 1. The van der Waals surface area contributed by atoms with Gasteiger partial charge in [-0.25, -0.2) is 0 Å². The zero-order valence-corrected chi connectivity index (χ0v) is 15.4. The number of carbonyl (C=O) groups is 1. The first-order valence-corrected chi connectivity index (χ1v) is 9.60. The number of hydrogen-bond acceptors (Lipinski definition) is 4. The third-order valence-electron chi connectivity index (χ3n) is 4.95. The van der Waals surface area contributed by atoms with E-state index in [2.05, 4.69) is 30.0 Å². The SMILES string of the molecule is Cc1ccccc1N1CSC2=C(C#N)[C@@H](c3ccccc3)CC(=O)N2C1. The third-order valence-corrected chi connectivity index (χ3v) is 6.11. The number of benzene rings is 2. The maximum absolute atomic E-state index is 12.9. The number of allylic oxidation sites excluding steroid dienone is 1. The largest absolute Gasteiger partial charge is 0.343 e. The molecule has 26 heavy (non-hydrogen) atoms. The Hall–Kier alpha value is -2.71. The number of nitrogens with zero attached hydrogens (tertiary/aromatic N) is 3. The van der Waals surface area contributed by atoms with Crippen LogP contribution in [0.3, 0.4) is 0 Å². The summed E-state index contributed by atoms with van der Waals surface area (Å²) in [7, 11) is 0.